The summed E-state index contributed by atoms with van der Waals surface area (Å²) in [5.74, 6) is 0. The van der Waals surface area contributed by atoms with Crippen molar-refractivity contribution in [3.05, 3.63) is 17.5 Å². The molecule has 0 atom stereocenters. The van der Waals surface area contributed by atoms with Gasteiger partial charge in [-0.25, -0.2) is 5.70 Å². The third-order valence-corrected chi connectivity index (χ3v) is 1.49. The summed E-state index contributed by atoms with van der Waals surface area (Å²) in [5.41, 5.74) is 6.18. The molecule has 3 heteroatoms. The number of hydrogen-bond acceptors (Lipinski definition) is 0. The molecule has 0 spiro atoms. The van der Waals surface area contributed by atoms with Gasteiger partial charge in [0.25, 0.3) is 0 Å². The zero-order valence-electron chi connectivity index (χ0n) is 7.16. The molecule has 0 aromatic heterocycles. The number of allylic oxidation sites excluding steroid dienone is 1. The standard InChI is InChI=1S/C7H13Si.BrH.Zn/c1-5-6-7-8(2,3)4;;/h5H,1-4H3;1H;/q-1;;+2/p-1. The van der Waals surface area contributed by atoms with E-state index < -0.39 is 8.07 Å². The molecule has 0 bridgehead atoms. The van der Waals surface area contributed by atoms with E-state index in [9.17, 15) is 0 Å². The van der Waals surface area contributed by atoms with E-state index in [2.05, 4.69) is 44.7 Å². The van der Waals surface area contributed by atoms with Gasteiger partial charge in [-0.3, -0.25) is 0 Å². The van der Waals surface area contributed by atoms with Crippen LogP contribution in [-0.2, 0) is 16.3 Å². The molecular weight excluding hydrogens is 257 g/mol. The molecule has 0 saturated carbocycles. The maximum absolute atomic E-state index is 3.20. The fourth-order valence-corrected chi connectivity index (χ4v) is 0.866. The first-order chi connectivity index (χ1) is 4.56. The summed E-state index contributed by atoms with van der Waals surface area (Å²) in [7, 11) is -1.07. The van der Waals surface area contributed by atoms with E-state index in [1.54, 1.807) is 0 Å². The van der Waals surface area contributed by atoms with E-state index in [1.807, 2.05) is 13.0 Å². The number of rotatable bonds is 1. The Labute approximate surface area is 81.8 Å². The Morgan fingerprint density at radius 1 is 1.40 bits per heavy atom. The van der Waals surface area contributed by atoms with Crippen molar-refractivity contribution in [1.82, 2.24) is 0 Å². The van der Waals surface area contributed by atoms with Crippen LogP contribution in [0.5, 0.6) is 0 Å². The van der Waals surface area contributed by atoms with Crippen LogP contribution in [0.4, 0.5) is 0 Å². The van der Waals surface area contributed by atoms with E-state index >= 15 is 0 Å². The average Bonchev–Trinajstić information content (AvgIpc) is 1.87. The molecule has 0 unspecified atom stereocenters. The van der Waals surface area contributed by atoms with Crippen LogP contribution in [0.2, 0.25) is 19.6 Å². The summed E-state index contributed by atoms with van der Waals surface area (Å²) in [5, 5.41) is 0. The molecular formula is C7H13BrSiZn. The van der Waals surface area contributed by atoms with Crippen molar-refractivity contribution >= 4 is 21.7 Å². The molecule has 0 nitrogen and oxygen atoms in total. The van der Waals surface area contributed by atoms with Crippen molar-refractivity contribution < 1.29 is 16.3 Å². The first-order valence-corrected chi connectivity index (χ1v) is 13.6. The van der Waals surface area contributed by atoms with Crippen LogP contribution >= 0.6 is 13.6 Å². The van der Waals surface area contributed by atoms with Gasteiger partial charge in [-0.2, -0.15) is 6.08 Å². The number of hydrogen-bond donors (Lipinski definition) is 0. The first-order valence-electron chi connectivity index (χ1n) is 3.13. The predicted molar refractivity (Wildman–Crippen MR) is 49.3 cm³/mol. The van der Waals surface area contributed by atoms with Gasteiger partial charge in [0, 0.05) is 0 Å². The second-order valence-corrected chi connectivity index (χ2v) is 7.56. The van der Waals surface area contributed by atoms with Crippen molar-refractivity contribution in [1.29, 1.82) is 0 Å². The van der Waals surface area contributed by atoms with Crippen molar-refractivity contribution in [3.63, 3.8) is 0 Å². The molecule has 0 aliphatic rings. The first kappa shape index (κ1) is 13.4. The van der Waals surface area contributed by atoms with Gasteiger partial charge in [-0.15, -0.1) is 6.92 Å². The van der Waals surface area contributed by atoms with Crippen molar-refractivity contribution in [2.24, 2.45) is 0 Å². The predicted octanol–water partition coefficient (Wildman–Crippen LogP) is 3.24. The van der Waals surface area contributed by atoms with Crippen LogP contribution < -0.4 is 0 Å². The van der Waals surface area contributed by atoms with E-state index in [4.69, 9.17) is 0 Å². The van der Waals surface area contributed by atoms with E-state index in [1.165, 1.54) is 16.3 Å². The van der Waals surface area contributed by atoms with Crippen LogP contribution in [0, 0.1) is 5.70 Å². The Morgan fingerprint density at radius 2 is 1.80 bits per heavy atom. The van der Waals surface area contributed by atoms with Gasteiger partial charge in [0.15, 0.2) is 0 Å². The summed E-state index contributed by atoms with van der Waals surface area (Å²) < 4.78 is 0. The van der Waals surface area contributed by atoms with E-state index in [0.717, 1.165) is 0 Å². The third-order valence-electron chi connectivity index (χ3n) is 0.592. The Balaban J connectivity index is 0. The molecule has 0 radical (unpaired) electrons. The minimum absolute atomic E-state index is 1.07. The van der Waals surface area contributed by atoms with E-state index in [0.29, 0.717) is 0 Å². The minimum atomic E-state index is -1.07. The maximum atomic E-state index is 3.20. The molecule has 0 amide bonds. The van der Waals surface area contributed by atoms with Gasteiger partial charge in [-0.05, 0) is 8.07 Å². The van der Waals surface area contributed by atoms with Crippen molar-refractivity contribution in [2.45, 2.75) is 26.6 Å². The monoisotopic (exact) mass is 268 g/mol. The molecule has 0 aromatic carbocycles. The second kappa shape index (κ2) is 7.94. The summed E-state index contributed by atoms with van der Waals surface area (Å²) in [6, 6.07) is 0. The molecule has 0 aromatic rings. The van der Waals surface area contributed by atoms with Crippen LogP contribution in [0.15, 0.2) is 11.8 Å². The summed E-state index contributed by atoms with van der Waals surface area (Å²) in [4.78, 5) is 0. The molecule has 0 saturated heterocycles. The van der Waals surface area contributed by atoms with Crippen LogP contribution in [0.25, 0.3) is 0 Å². The SMILES string of the molecule is CC=C=[C-][Si](C)(C)C.[Zn+][Br]. The topological polar surface area (TPSA) is 0 Å². The molecule has 54 valence electrons. The van der Waals surface area contributed by atoms with Gasteiger partial charge >= 0.3 is 30.0 Å². The van der Waals surface area contributed by atoms with Gasteiger partial charge in [-0.1, -0.05) is 19.6 Å². The van der Waals surface area contributed by atoms with Crippen molar-refractivity contribution in [2.75, 3.05) is 0 Å². The Morgan fingerprint density at radius 3 is 1.90 bits per heavy atom. The summed E-state index contributed by atoms with van der Waals surface area (Å²) in [6.07, 6.45) is 1.90. The Hall–Kier alpha value is 0.840. The second-order valence-electron chi connectivity index (χ2n) is 2.81. The molecule has 0 aliphatic heterocycles. The number of halogens is 1. The zero-order chi connectivity index (χ0) is 8.62. The molecule has 0 aliphatic carbocycles. The normalized spacial score (nSPS) is 8.70. The molecule has 0 N–H and O–H groups in total. The Kier molecular flexibility index (Phi) is 10.7. The quantitative estimate of drug-likeness (QED) is 0.390. The fraction of sp³-hybridized carbons (Fsp3) is 0.571. The average molecular weight is 271 g/mol. The summed E-state index contributed by atoms with van der Waals surface area (Å²) in [6.45, 7) is 8.68. The molecule has 0 fully saturated rings. The third kappa shape index (κ3) is 15.9. The van der Waals surface area contributed by atoms with Gasteiger partial charge < -0.3 is 5.73 Å². The summed E-state index contributed by atoms with van der Waals surface area (Å²) >= 11 is 4.25. The van der Waals surface area contributed by atoms with E-state index in [-0.39, 0.29) is 0 Å². The molecule has 10 heavy (non-hydrogen) atoms. The van der Waals surface area contributed by atoms with Crippen molar-refractivity contribution in [3.8, 4) is 0 Å². The zero-order valence-corrected chi connectivity index (χ0v) is 12.7. The van der Waals surface area contributed by atoms with Gasteiger partial charge in [0.2, 0.25) is 0 Å². The van der Waals surface area contributed by atoms with Gasteiger partial charge in [0.05, 0.1) is 0 Å². The molecule has 0 rings (SSSR count). The van der Waals surface area contributed by atoms with Crippen LogP contribution in [0.1, 0.15) is 6.92 Å². The molecule has 0 heterocycles. The van der Waals surface area contributed by atoms with Gasteiger partial charge in [0.1, 0.15) is 0 Å². The van der Waals surface area contributed by atoms with Crippen LogP contribution in [-0.4, -0.2) is 8.07 Å². The Bertz CT molecular complexity index is 120. The fourth-order valence-electron chi connectivity index (χ4n) is 0.289. The van der Waals surface area contributed by atoms with Crippen LogP contribution in [0.3, 0.4) is 0 Å².